The van der Waals surface area contributed by atoms with Crippen LogP contribution in [-0.2, 0) is 16.2 Å². The van der Waals surface area contributed by atoms with Crippen molar-refractivity contribution in [2.75, 3.05) is 9.80 Å². The molecule has 6 aliphatic carbocycles. The van der Waals surface area contributed by atoms with Crippen LogP contribution in [0.25, 0.3) is 89.0 Å². The van der Waals surface area contributed by atoms with Crippen LogP contribution in [0.5, 0.6) is 0 Å². The predicted molar refractivity (Wildman–Crippen MR) is 416 cm³/mol. The molecule has 0 N–H and O–H groups in total. The van der Waals surface area contributed by atoms with Crippen LogP contribution in [0, 0.1) is 0 Å². The lowest BCUT2D eigenvalue weighted by Crippen LogP contribution is -2.27. The summed E-state index contributed by atoms with van der Waals surface area (Å²) in [7, 11) is 0. The van der Waals surface area contributed by atoms with Crippen LogP contribution < -0.4 is 9.80 Å². The molecule has 3 spiro atoms. The standard InChI is InChI=1S/C99H62N2/c1-5-25-67(26-6-1)100(68-27-7-2-8-28-68)71-49-55-83-84-56-50-72(101(69-29-9-3-10-30-69)70-31-11-4-12-32-70)62-96(84)99(95(83)61-71)93-59-65(63-45-51-79-77-37-17-23-43-89(77)97(91(79)57-63)85-39-19-13-33-73(85)74-34-14-20-40-86(74)97)47-53-81(93)82-54-48-66(60-94(82)99)64-46-52-80-78-38-18-24-44-90(78)98(92(80)58-64)87-41-21-15-35-75(87)76-36-16-22-42-88(76)98/h1-62H. The third-order valence-corrected chi connectivity index (χ3v) is 23.5. The van der Waals surface area contributed by atoms with E-state index in [2.05, 4.69) is 386 Å². The van der Waals surface area contributed by atoms with Gasteiger partial charge in [-0.1, -0.05) is 279 Å². The maximum atomic E-state index is 2.60. The molecule has 0 amide bonds. The van der Waals surface area contributed by atoms with Gasteiger partial charge in [0.1, 0.15) is 0 Å². The molecule has 0 unspecified atom stereocenters. The summed E-state index contributed by atoms with van der Waals surface area (Å²) in [6, 6.07) is 143. The van der Waals surface area contributed by atoms with E-state index in [9.17, 15) is 0 Å². The Balaban J connectivity index is 0.820. The van der Waals surface area contributed by atoms with E-state index in [4.69, 9.17) is 0 Å². The van der Waals surface area contributed by atoms with Crippen molar-refractivity contribution < 1.29 is 0 Å². The first-order valence-corrected chi connectivity index (χ1v) is 35.4. The molecule has 0 atom stereocenters. The zero-order valence-corrected chi connectivity index (χ0v) is 55.2. The van der Waals surface area contributed by atoms with Gasteiger partial charge < -0.3 is 9.80 Å². The van der Waals surface area contributed by atoms with Gasteiger partial charge in [-0.3, -0.25) is 0 Å². The summed E-state index contributed by atoms with van der Waals surface area (Å²) in [4.78, 5) is 4.88. The molecule has 2 nitrogen and oxygen atoms in total. The molecular weight excluding hydrogens is 1220 g/mol. The highest BCUT2D eigenvalue weighted by Crippen LogP contribution is 2.68. The number of rotatable bonds is 8. The summed E-state index contributed by atoms with van der Waals surface area (Å²) < 4.78 is 0. The van der Waals surface area contributed by atoms with Crippen molar-refractivity contribution in [3.8, 4) is 89.0 Å². The minimum atomic E-state index is -0.847. The van der Waals surface area contributed by atoms with Gasteiger partial charge >= 0.3 is 0 Å². The van der Waals surface area contributed by atoms with Crippen LogP contribution in [0.15, 0.2) is 376 Å². The van der Waals surface area contributed by atoms with Crippen molar-refractivity contribution in [2.24, 2.45) is 0 Å². The van der Waals surface area contributed by atoms with E-state index in [0.29, 0.717) is 0 Å². The number of benzene rings is 16. The van der Waals surface area contributed by atoms with Gasteiger partial charge in [0.15, 0.2) is 0 Å². The van der Waals surface area contributed by atoms with Crippen LogP contribution in [0.1, 0.15) is 66.8 Å². The Morgan fingerprint density at radius 3 is 0.545 bits per heavy atom. The first kappa shape index (κ1) is 56.2. The fourth-order valence-electron chi connectivity index (χ4n) is 19.6. The molecule has 16 aromatic rings. The summed E-state index contributed by atoms with van der Waals surface area (Å²) in [6.45, 7) is 0. The molecule has 0 aromatic heterocycles. The lowest BCUT2D eigenvalue weighted by molar-refractivity contribution is 0.792. The molecular formula is C99H62N2. The van der Waals surface area contributed by atoms with Crippen LogP contribution in [-0.4, -0.2) is 0 Å². The topological polar surface area (TPSA) is 6.48 Å². The second-order valence-corrected chi connectivity index (χ2v) is 28.0. The maximum Gasteiger partial charge on any atom is 0.0727 e. The summed E-state index contributed by atoms with van der Waals surface area (Å²) in [5.41, 5.74) is 40.5. The van der Waals surface area contributed by atoms with Gasteiger partial charge in [-0.2, -0.15) is 0 Å². The molecule has 16 aromatic carbocycles. The molecule has 0 saturated carbocycles. The first-order chi connectivity index (χ1) is 50.1. The number of para-hydroxylation sites is 4. The largest absolute Gasteiger partial charge is 0.310 e. The molecule has 0 radical (unpaired) electrons. The quantitative estimate of drug-likeness (QED) is 0.150. The third kappa shape index (κ3) is 7.45. The summed E-state index contributed by atoms with van der Waals surface area (Å²) in [6.07, 6.45) is 0. The van der Waals surface area contributed by atoms with Crippen LogP contribution in [0.2, 0.25) is 0 Å². The van der Waals surface area contributed by atoms with Crippen molar-refractivity contribution in [3.05, 3.63) is 443 Å². The van der Waals surface area contributed by atoms with Crippen LogP contribution in [0.4, 0.5) is 34.1 Å². The Morgan fingerprint density at radius 2 is 0.307 bits per heavy atom. The number of anilines is 6. The fourth-order valence-corrected chi connectivity index (χ4v) is 19.6. The number of nitrogens with zero attached hydrogens (tertiary/aromatic N) is 2. The molecule has 0 heterocycles. The SMILES string of the molecule is c1ccc(N(c2ccccc2)c2ccc3c(c2)C2(c4cc(-c5ccc6c(c5)C5(c7ccccc7-c7ccccc75)c5ccccc5-6)ccc4-c4ccc(-c5ccc6c(c5)C5(c7ccccc7-c7ccccc75)c5ccccc5-6)cc42)c2cc(N(c4ccccc4)c4ccccc4)ccc2-3)cc1. The van der Waals surface area contributed by atoms with E-state index in [0.717, 1.165) is 34.1 Å². The minimum absolute atomic E-state index is 0.493. The summed E-state index contributed by atoms with van der Waals surface area (Å²) in [5, 5.41) is 0. The zero-order chi connectivity index (χ0) is 66.1. The summed E-state index contributed by atoms with van der Waals surface area (Å²) >= 11 is 0. The molecule has 468 valence electrons. The Labute approximate surface area is 588 Å². The van der Waals surface area contributed by atoms with E-state index in [1.807, 2.05) is 0 Å². The van der Waals surface area contributed by atoms with Gasteiger partial charge in [0.05, 0.1) is 16.2 Å². The second kappa shape index (κ2) is 21.1. The predicted octanol–water partition coefficient (Wildman–Crippen LogP) is 25.0. The molecule has 0 bridgehead atoms. The van der Waals surface area contributed by atoms with Gasteiger partial charge in [-0.05, 0) is 253 Å². The Kier molecular flexibility index (Phi) is 11.7. The lowest BCUT2D eigenvalue weighted by Gasteiger charge is -2.34. The Morgan fingerprint density at radius 1 is 0.129 bits per heavy atom. The van der Waals surface area contributed by atoms with E-state index < -0.39 is 16.2 Å². The molecule has 0 saturated heterocycles. The van der Waals surface area contributed by atoms with Crippen LogP contribution >= 0.6 is 0 Å². The van der Waals surface area contributed by atoms with Crippen molar-refractivity contribution in [1.29, 1.82) is 0 Å². The molecule has 0 aliphatic heterocycles. The molecule has 6 aliphatic rings. The monoisotopic (exact) mass is 1280 g/mol. The smallest absolute Gasteiger partial charge is 0.0727 e. The fraction of sp³-hybridized carbons (Fsp3) is 0.0303. The molecule has 22 rings (SSSR count). The molecule has 2 heteroatoms. The number of hydrogen-bond donors (Lipinski definition) is 0. The van der Waals surface area contributed by atoms with Crippen molar-refractivity contribution in [1.82, 2.24) is 0 Å². The van der Waals surface area contributed by atoms with E-state index in [-0.39, 0.29) is 0 Å². The Bertz CT molecular complexity index is 5580. The highest BCUT2D eigenvalue weighted by molar-refractivity contribution is 6.02. The Hall–Kier alpha value is -12.9. The van der Waals surface area contributed by atoms with E-state index in [1.165, 1.54) is 156 Å². The van der Waals surface area contributed by atoms with Crippen molar-refractivity contribution >= 4 is 34.1 Å². The number of hydrogen-bond acceptors (Lipinski definition) is 2. The van der Waals surface area contributed by atoms with E-state index in [1.54, 1.807) is 0 Å². The van der Waals surface area contributed by atoms with E-state index >= 15 is 0 Å². The average molecular weight is 1280 g/mol. The first-order valence-electron chi connectivity index (χ1n) is 35.4. The highest BCUT2D eigenvalue weighted by atomic mass is 15.1. The lowest BCUT2D eigenvalue weighted by atomic mass is 9.69. The summed E-state index contributed by atoms with van der Waals surface area (Å²) in [5.74, 6) is 0. The van der Waals surface area contributed by atoms with Crippen molar-refractivity contribution in [3.63, 3.8) is 0 Å². The van der Waals surface area contributed by atoms with Gasteiger partial charge in [0, 0.05) is 34.1 Å². The third-order valence-electron chi connectivity index (χ3n) is 23.5. The van der Waals surface area contributed by atoms with Gasteiger partial charge in [-0.15, -0.1) is 0 Å². The van der Waals surface area contributed by atoms with Gasteiger partial charge in [0.25, 0.3) is 0 Å². The van der Waals surface area contributed by atoms with Crippen LogP contribution in [0.3, 0.4) is 0 Å². The van der Waals surface area contributed by atoms with Gasteiger partial charge in [0.2, 0.25) is 0 Å². The second-order valence-electron chi connectivity index (χ2n) is 28.0. The number of fused-ring (bicyclic) bond motifs is 30. The van der Waals surface area contributed by atoms with Crippen molar-refractivity contribution in [2.45, 2.75) is 16.2 Å². The average Bonchev–Trinajstić information content (AvgIpc) is 1.52. The minimum Gasteiger partial charge on any atom is -0.310 e. The molecule has 101 heavy (non-hydrogen) atoms. The maximum absolute atomic E-state index is 2.60. The highest BCUT2D eigenvalue weighted by Gasteiger charge is 2.56. The van der Waals surface area contributed by atoms with Gasteiger partial charge in [-0.25, -0.2) is 0 Å². The normalized spacial score (nSPS) is 14.2. The molecule has 0 fully saturated rings. The zero-order valence-electron chi connectivity index (χ0n) is 55.2.